The first-order valence-electron chi connectivity index (χ1n) is 10.9. The number of carbonyl (C=O) groups excluding carboxylic acids is 2. The molecule has 1 fully saturated rings. The van der Waals surface area contributed by atoms with Crippen molar-refractivity contribution in [3.63, 3.8) is 0 Å². The molecule has 0 unspecified atom stereocenters. The van der Waals surface area contributed by atoms with Gasteiger partial charge < -0.3 is 15.0 Å². The molecule has 0 aliphatic carbocycles. The standard InChI is InChI=1S/C25H28N4O3/c1-32-23-9-7-21(8-10-23)24(30)22-11-13-28(14-12-22)25(31)26-15-20-16-27-29(18-20)17-19-5-3-2-4-6-19/h2-10,16,18,22H,11-15,17H2,1H3,(H,26,31). The molecule has 1 N–H and O–H groups in total. The number of nitrogens with one attached hydrogen (secondary N) is 1. The number of piperidine rings is 1. The highest BCUT2D eigenvalue weighted by Gasteiger charge is 2.28. The number of ketones is 1. The van der Waals surface area contributed by atoms with Crippen LogP contribution in [0.2, 0.25) is 0 Å². The van der Waals surface area contributed by atoms with Crippen molar-refractivity contribution in [2.24, 2.45) is 5.92 Å². The molecule has 2 heterocycles. The number of carbonyl (C=O) groups is 2. The van der Waals surface area contributed by atoms with Crippen LogP contribution in [0.25, 0.3) is 0 Å². The zero-order valence-corrected chi connectivity index (χ0v) is 18.2. The molecule has 1 saturated heterocycles. The molecule has 1 aromatic heterocycles. The number of hydrogen-bond donors (Lipinski definition) is 1. The van der Waals surface area contributed by atoms with E-state index >= 15 is 0 Å². The zero-order chi connectivity index (χ0) is 22.3. The van der Waals surface area contributed by atoms with Crippen LogP contribution in [0.1, 0.15) is 34.3 Å². The Morgan fingerprint density at radius 3 is 2.44 bits per heavy atom. The fourth-order valence-corrected chi connectivity index (χ4v) is 3.98. The average molecular weight is 433 g/mol. The highest BCUT2D eigenvalue weighted by atomic mass is 16.5. The number of hydrogen-bond acceptors (Lipinski definition) is 4. The van der Waals surface area contributed by atoms with Gasteiger partial charge in [-0.05, 0) is 42.7 Å². The molecule has 3 aromatic rings. The maximum atomic E-state index is 12.8. The smallest absolute Gasteiger partial charge is 0.317 e. The third-order valence-electron chi connectivity index (χ3n) is 5.85. The summed E-state index contributed by atoms with van der Waals surface area (Å²) < 4.78 is 7.02. The molecular weight excluding hydrogens is 404 g/mol. The topological polar surface area (TPSA) is 76.5 Å². The fraction of sp³-hybridized carbons (Fsp3) is 0.320. The predicted molar refractivity (Wildman–Crippen MR) is 122 cm³/mol. The van der Waals surface area contributed by atoms with E-state index < -0.39 is 0 Å². The van der Waals surface area contributed by atoms with Crippen molar-refractivity contribution in [3.8, 4) is 5.75 Å². The van der Waals surface area contributed by atoms with Crippen molar-refractivity contribution in [2.75, 3.05) is 20.2 Å². The van der Waals surface area contributed by atoms with Crippen LogP contribution >= 0.6 is 0 Å². The number of ether oxygens (including phenoxy) is 1. The maximum Gasteiger partial charge on any atom is 0.317 e. The lowest BCUT2D eigenvalue weighted by atomic mass is 9.89. The lowest BCUT2D eigenvalue weighted by Crippen LogP contribution is -2.45. The van der Waals surface area contributed by atoms with Gasteiger partial charge in [-0.25, -0.2) is 4.79 Å². The van der Waals surface area contributed by atoms with Gasteiger partial charge in [0.15, 0.2) is 5.78 Å². The van der Waals surface area contributed by atoms with Crippen molar-refractivity contribution in [1.29, 1.82) is 0 Å². The lowest BCUT2D eigenvalue weighted by Gasteiger charge is -2.31. The average Bonchev–Trinajstić information content (AvgIpc) is 3.30. The molecule has 1 aliphatic heterocycles. The normalized spacial score (nSPS) is 14.2. The Morgan fingerprint density at radius 2 is 1.75 bits per heavy atom. The van der Waals surface area contributed by atoms with Crippen LogP contribution in [0.4, 0.5) is 4.79 Å². The highest BCUT2D eigenvalue weighted by molar-refractivity contribution is 5.98. The summed E-state index contributed by atoms with van der Waals surface area (Å²) >= 11 is 0. The Kier molecular flexibility index (Phi) is 6.84. The first-order chi connectivity index (χ1) is 15.6. The summed E-state index contributed by atoms with van der Waals surface area (Å²) in [6.07, 6.45) is 5.08. The van der Waals surface area contributed by atoms with E-state index in [0.717, 1.165) is 11.3 Å². The van der Waals surface area contributed by atoms with Crippen LogP contribution in [-0.4, -0.2) is 46.7 Å². The Balaban J connectivity index is 1.23. The lowest BCUT2D eigenvalue weighted by molar-refractivity contribution is 0.0854. The van der Waals surface area contributed by atoms with E-state index in [1.54, 1.807) is 42.5 Å². The summed E-state index contributed by atoms with van der Waals surface area (Å²) in [5.41, 5.74) is 2.83. The number of methoxy groups -OCH3 is 1. The summed E-state index contributed by atoms with van der Waals surface area (Å²) in [5, 5.41) is 7.35. The van der Waals surface area contributed by atoms with Gasteiger partial charge in [-0.3, -0.25) is 9.48 Å². The largest absolute Gasteiger partial charge is 0.497 e. The second kappa shape index (κ2) is 10.1. The number of aromatic nitrogens is 2. The number of Topliss-reactive ketones (excluding diaryl/α,β-unsaturated/α-hetero) is 1. The highest BCUT2D eigenvalue weighted by Crippen LogP contribution is 2.23. The zero-order valence-electron chi connectivity index (χ0n) is 18.2. The van der Waals surface area contributed by atoms with Gasteiger partial charge in [0.2, 0.25) is 0 Å². The number of rotatable bonds is 7. The SMILES string of the molecule is COc1ccc(C(=O)C2CCN(C(=O)NCc3cnn(Cc4ccccc4)c3)CC2)cc1. The summed E-state index contributed by atoms with van der Waals surface area (Å²) in [5.74, 6) is 0.820. The number of nitrogens with zero attached hydrogens (tertiary/aromatic N) is 3. The van der Waals surface area contributed by atoms with Crippen molar-refractivity contribution >= 4 is 11.8 Å². The molecule has 0 radical (unpaired) electrons. The molecule has 0 atom stereocenters. The van der Waals surface area contributed by atoms with Gasteiger partial charge in [0.25, 0.3) is 0 Å². The molecule has 2 amide bonds. The minimum Gasteiger partial charge on any atom is -0.497 e. The van der Waals surface area contributed by atoms with Gasteiger partial charge in [-0.15, -0.1) is 0 Å². The van der Waals surface area contributed by atoms with E-state index in [9.17, 15) is 9.59 Å². The minimum atomic E-state index is -0.101. The Morgan fingerprint density at radius 1 is 1.03 bits per heavy atom. The molecule has 0 spiro atoms. The fourth-order valence-electron chi connectivity index (χ4n) is 3.98. The second-order valence-electron chi connectivity index (χ2n) is 8.04. The van der Waals surface area contributed by atoms with Crippen LogP contribution < -0.4 is 10.1 Å². The molecular formula is C25H28N4O3. The van der Waals surface area contributed by atoms with Crippen LogP contribution in [0.5, 0.6) is 5.75 Å². The van der Waals surface area contributed by atoms with E-state index in [1.807, 2.05) is 29.1 Å². The third-order valence-corrected chi connectivity index (χ3v) is 5.85. The van der Waals surface area contributed by atoms with Gasteiger partial charge in [-0.2, -0.15) is 5.10 Å². The molecule has 0 bridgehead atoms. The number of benzene rings is 2. The quantitative estimate of drug-likeness (QED) is 0.577. The van der Waals surface area contributed by atoms with Gasteiger partial charge in [-0.1, -0.05) is 30.3 Å². The summed E-state index contributed by atoms with van der Waals surface area (Å²) in [6.45, 7) is 2.28. The molecule has 2 aromatic carbocycles. The third kappa shape index (κ3) is 5.35. The summed E-state index contributed by atoms with van der Waals surface area (Å²) in [6, 6.07) is 17.2. The first kappa shape index (κ1) is 21.6. The van der Waals surface area contributed by atoms with Crippen LogP contribution in [0, 0.1) is 5.92 Å². The monoisotopic (exact) mass is 432 g/mol. The Labute approximate surface area is 188 Å². The van der Waals surface area contributed by atoms with Crippen LogP contribution in [0.15, 0.2) is 67.0 Å². The summed E-state index contributed by atoms with van der Waals surface area (Å²) in [4.78, 5) is 27.1. The van der Waals surface area contributed by atoms with Crippen LogP contribution in [0.3, 0.4) is 0 Å². The molecule has 7 nitrogen and oxygen atoms in total. The van der Waals surface area contributed by atoms with E-state index in [1.165, 1.54) is 5.56 Å². The Bertz CT molecular complexity index is 1040. The van der Waals surface area contributed by atoms with Crippen molar-refractivity contribution < 1.29 is 14.3 Å². The van der Waals surface area contributed by atoms with Crippen molar-refractivity contribution in [2.45, 2.75) is 25.9 Å². The minimum absolute atomic E-state index is 0.0522. The van der Waals surface area contributed by atoms with E-state index in [0.29, 0.717) is 44.6 Å². The van der Waals surface area contributed by atoms with Crippen molar-refractivity contribution in [1.82, 2.24) is 20.0 Å². The van der Waals surface area contributed by atoms with E-state index in [4.69, 9.17) is 4.74 Å². The molecule has 166 valence electrons. The molecule has 32 heavy (non-hydrogen) atoms. The van der Waals surface area contributed by atoms with Crippen molar-refractivity contribution in [3.05, 3.63) is 83.7 Å². The maximum absolute atomic E-state index is 12.8. The predicted octanol–water partition coefficient (Wildman–Crippen LogP) is 3.74. The molecule has 7 heteroatoms. The molecule has 1 aliphatic rings. The molecule has 0 saturated carbocycles. The van der Waals surface area contributed by atoms with Gasteiger partial charge in [0.05, 0.1) is 19.9 Å². The molecule has 4 rings (SSSR count). The van der Waals surface area contributed by atoms with E-state index in [2.05, 4.69) is 22.5 Å². The first-order valence-corrected chi connectivity index (χ1v) is 10.9. The van der Waals surface area contributed by atoms with E-state index in [-0.39, 0.29) is 17.7 Å². The Hall–Kier alpha value is -3.61. The number of amides is 2. The van der Waals surface area contributed by atoms with Gasteiger partial charge >= 0.3 is 6.03 Å². The second-order valence-corrected chi connectivity index (χ2v) is 8.04. The van der Waals surface area contributed by atoms with Gasteiger partial charge in [0.1, 0.15) is 5.75 Å². The number of urea groups is 1. The van der Waals surface area contributed by atoms with Crippen LogP contribution in [-0.2, 0) is 13.1 Å². The summed E-state index contributed by atoms with van der Waals surface area (Å²) in [7, 11) is 1.61. The number of likely N-dealkylation sites (tertiary alicyclic amines) is 1. The van der Waals surface area contributed by atoms with Gasteiger partial charge in [0, 0.05) is 42.9 Å².